The van der Waals surface area contributed by atoms with Gasteiger partial charge in [-0.25, -0.2) is 0 Å². The summed E-state index contributed by atoms with van der Waals surface area (Å²) >= 11 is 0. The second-order valence-electron chi connectivity index (χ2n) is 16.4. The first kappa shape index (κ1) is 54.1. The van der Waals surface area contributed by atoms with Gasteiger partial charge in [0.1, 0.15) is 0 Å². The van der Waals surface area contributed by atoms with Crippen molar-refractivity contribution in [2.45, 2.75) is 257 Å². The number of amides is 1. The fraction of sp³-hybridized carbons (Fsp3) is 0.840. The van der Waals surface area contributed by atoms with Gasteiger partial charge >= 0.3 is 5.97 Å². The predicted molar refractivity (Wildman–Crippen MR) is 241 cm³/mol. The van der Waals surface area contributed by atoms with Crippen LogP contribution in [0.25, 0.3) is 0 Å². The van der Waals surface area contributed by atoms with Crippen LogP contribution in [0.15, 0.2) is 36.5 Å². The van der Waals surface area contributed by atoms with E-state index in [0.717, 1.165) is 51.4 Å². The summed E-state index contributed by atoms with van der Waals surface area (Å²) in [5, 5.41) is 23.0. The Morgan fingerprint density at radius 3 is 1.41 bits per heavy atom. The smallest absolute Gasteiger partial charge is 0.305 e. The average molecular weight is 788 g/mol. The van der Waals surface area contributed by atoms with E-state index >= 15 is 0 Å². The number of carbonyl (C=O) groups is 2. The van der Waals surface area contributed by atoms with Gasteiger partial charge in [0.05, 0.1) is 25.4 Å². The number of unbranched alkanes of at least 4 members (excludes halogenated alkanes) is 27. The van der Waals surface area contributed by atoms with E-state index in [0.29, 0.717) is 32.3 Å². The van der Waals surface area contributed by atoms with Gasteiger partial charge in [-0.15, -0.1) is 0 Å². The summed E-state index contributed by atoms with van der Waals surface area (Å²) in [4.78, 5) is 24.4. The minimum Gasteiger partial charge on any atom is -0.466 e. The third-order valence-electron chi connectivity index (χ3n) is 10.9. The maximum absolute atomic E-state index is 12.3. The molecule has 6 nitrogen and oxygen atoms in total. The quantitative estimate of drug-likeness (QED) is 0.0325. The van der Waals surface area contributed by atoms with E-state index in [-0.39, 0.29) is 18.5 Å². The molecule has 0 rings (SSSR count). The molecular formula is C50H93NO5. The molecule has 0 radical (unpaired) electrons. The largest absolute Gasteiger partial charge is 0.466 e. The van der Waals surface area contributed by atoms with Crippen molar-refractivity contribution in [1.29, 1.82) is 0 Å². The Kier molecular flexibility index (Phi) is 44.2. The van der Waals surface area contributed by atoms with E-state index in [9.17, 15) is 19.8 Å². The molecule has 0 fully saturated rings. The van der Waals surface area contributed by atoms with Crippen molar-refractivity contribution in [3.05, 3.63) is 36.5 Å². The van der Waals surface area contributed by atoms with E-state index in [1.54, 1.807) is 0 Å². The van der Waals surface area contributed by atoms with Crippen LogP contribution in [0.3, 0.4) is 0 Å². The summed E-state index contributed by atoms with van der Waals surface area (Å²) in [6.45, 7) is 4.85. The highest BCUT2D eigenvalue weighted by atomic mass is 16.5. The number of ether oxygens (including phenoxy) is 1. The first-order valence-corrected chi connectivity index (χ1v) is 24.2. The molecule has 1 amide bonds. The summed E-state index contributed by atoms with van der Waals surface area (Å²) in [7, 11) is 0. The van der Waals surface area contributed by atoms with Crippen molar-refractivity contribution in [2.75, 3.05) is 13.2 Å². The minimum atomic E-state index is -0.697. The predicted octanol–water partition coefficient (Wildman–Crippen LogP) is 14.1. The van der Waals surface area contributed by atoms with Gasteiger partial charge < -0.3 is 20.3 Å². The lowest BCUT2D eigenvalue weighted by molar-refractivity contribution is -0.143. The normalized spacial score (nSPS) is 13.0. The van der Waals surface area contributed by atoms with Crippen LogP contribution in [0.2, 0.25) is 0 Å². The SMILES string of the molecule is CCCCCCCCC/C=C\CCCCCCCC(=O)OCCCCCCCC/C=C\C/C=C\CCC(=O)NC(CO)C(O)CCCCCCCCCCCC. The molecule has 0 saturated carbocycles. The maximum Gasteiger partial charge on any atom is 0.305 e. The van der Waals surface area contributed by atoms with Crippen LogP contribution in [0.1, 0.15) is 245 Å². The second-order valence-corrected chi connectivity index (χ2v) is 16.4. The van der Waals surface area contributed by atoms with Gasteiger partial charge in [-0.2, -0.15) is 0 Å². The van der Waals surface area contributed by atoms with E-state index in [1.165, 1.54) is 154 Å². The van der Waals surface area contributed by atoms with Crippen molar-refractivity contribution in [2.24, 2.45) is 0 Å². The molecule has 0 aliphatic rings. The lowest BCUT2D eigenvalue weighted by Crippen LogP contribution is -2.45. The number of aliphatic hydroxyl groups is 2. The summed E-state index contributed by atoms with van der Waals surface area (Å²) in [5.74, 6) is -0.144. The Morgan fingerprint density at radius 2 is 0.911 bits per heavy atom. The van der Waals surface area contributed by atoms with Crippen LogP contribution < -0.4 is 5.32 Å². The number of carbonyl (C=O) groups excluding carboxylic acids is 2. The highest BCUT2D eigenvalue weighted by Gasteiger charge is 2.19. The Morgan fingerprint density at radius 1 is 0.500 bits per heavy atom. The van der Waals surface area contributed by atoms with Crippen molar-refractivity contribution in [3.63, 3.8) is 0 Å². The molecule has 0 spiro atoms. The molecule has 2 unspecified atom stereocenters. The fourth-order valence-electron chi connectivity index (χ4n) is 7.15. The zero-order valence-corrected chi connectivity index (χ0v) is 37.1. The highest BCUT2D eigenvalue weighted by molar-refractivity contribution is 5.76. The molecule has 0 aliphatic heterocycles. The van der Waals surface area contributed by atoms with Crippen molar-refractivity contribution in [1.82, 2.24) is 5.32 Å². The van der Waals surface area contributed by atoms with Gasteiger partial charge in [-0.1, -0.05) is 198 Å². The third-order valence-corrected chi connectivity index (χ3v) is 10.9. The highest BCUT2D eigenvalue weighted by Crippen LogP contribution is 2.14. The second kappa shape index (κ2) is 45.8. The molecule has 328 valence electrons. The molecule has 0 saturated heterocycles. The topological polar surface area (TPSA) is 95.9 Å². The molecule has 0 aromatic carbocycles. The lowest BCUT2D eigenvalue weighted by atomic mass is 10.0. The van der Waals surface area contributed by atoms with E-state index < -0.39 is 12.1 Å². The van der Waals surface area contributed by atoms with Crippen LogP contribution in [0.4, 0.5) is 0 Å². The Hall–Kier alpha value is -1.92. The summed E-state index contributed by atoms with van der Waals surface area (Å²) in [6.07, 6.45) is 54.1. The monoisotopic (exact) mass is 788 g/mol. The number of nitrogens with one attached hydrogen (secondary N) is 1. The van der Waals surface area contributed by atoms with Crippen LogP contribution in [-0.2, 0) is 14.3 Å². The zero-order chi connectivity index (χ0) is 40.8. The van der Waals surface area contributed by atoms with E-state index in [2.05, 4.69) is 49.5 Å². The zero-order valence-electron chi connectivity index (χ0n) is 37.1. The fourth-order valence-corrected chi connectivity index (χ4v) is 7.15. The van der Waals surface area contributed by atoms with Gasteiger partial charge in [0.2, 0.25) is 5.91 Å². The lowest BCUT2D eigenvalue weighted by Gasteiger charge is -2.22. The first-order valence-electron chi connectivity index (χ1n) is 24.2. The Bertz CT molecular complexity index is 915. The molecular weight excluding hydrogens is 695 g/mol. The van der Waals surface area contributed by atoms with Crippen LogP contribution in [0, 0.1) is 0 Å². The number of hydrogen-bond acceptors (Lipinski definition) is 5. The number of rotatable bonds is 44. The molecule has 3 N–H and O–H groups in total. The molecule has 0 aliphatic carbocycles. The van der Waals surface area contributed by atoms with Gasteiger partial charge in [-0.3, -0.25) is 9.59 Å². The van der Waals surface area contributed by atoms with Crippen molar-refractivity contribution >= 4 is 11.9 Å². The number of hydrogen-bond donors (Lipinski definition) is 3. The standard InChI is InChI=1S/C50H93NO5/c1-3-5-7-9-11-13-15-16-17-18-21-24-28-32-36-40-44-50(55)56-45-41-37-33-29-25-22-19-20-23-27-31-35-39-43-49(54)51-47(46-52)48(53)42-38-34-30-26-14-12-10-8-6-4-2/h17-18,20,23,31,35,47-48,52-53H,3-16,19,21-22,24-30,32-34,36-46H2,1-2H3,(H,51,54)/b18-17-,23-20-,35-31-. The van der Waals surface area contributed by atoms with Crippen molar-refractivity contribution in [3.8, 4) is 0 Å². The summed E-state index contributed by atoms with van der Waals surface area (Å²) in [6, 6.07) is -0.584. The number of esters is 1. The van der Waals surface area contributed by atoms with Gasteiger partial charge in [0, 0.05) is 12.8 Å². The van der Waals surface area contributed by atoms with Crippen molar-refractivity contribution < 1.29 is 24.5 Å². The van der Waals surface area contributed by atoms with Crippen LogP contribution >= 0.6 is 0 Å². The van der Waals surface area contributed by atoms with Gasteiger partial charge in [0.25, 0.3) is 0 Å². The summed E-state index contributed by atoms with van der Waals surface area (Å²) in [5.41, 5.74) is 0. The van der Waals surface area contributed by atoms with Gasteiger partial charge in [-0.05, 0) is 70.6 Å². The van der Waals surface area contributed by atoms with Gasteiger partial charge in [0.15, 0.2) is 0 Å². The summed E-state index contributed by atoms with van der Waals surface area (Å²) < 4.78 is 5.44. The maximum atomic E-state index is 12.3. The third kappa shape index (κ3) is 41.7. The van der Waals surface area contributed by atoms with E-state index in [4.69, 9.17) is 4.74 Å². The molecule has 0 aromatic rings. The molecule has 0 bridgehead atoms. The van der Waals surface area contributed by atoms with Crippen LogP contribution in [-0.4, -0.2) is 47.4 Å². The molecule has 2 atom stereocenters. The average Bonchev–Trinajstić information content (AvgIpc) is 3.20. The number of allylic oxidation sites excluding steroid dienone is 6. The minimum absolute atomic E-state index is 0.0254. The Balaban J connectivity index is 3.54. The van der Waals surface area contributed by atoms with E-state index in [1.807, 2.05) is 6.08 Å². The van der Waals surface area contributed by atoms with Crippen LogP contribution in [0.5, 0.6) is 0 Å². The molecule has 0 heterocycles. The Labute approximate surface area is 347 Å². The molecule has 6 heteroatoms. The number of aliphatic hydroxyl groups excluding tert-OH is 2. The molecule has 0 aromatic heterocycles. The first-order chi connectivity index (χ1) is 27.5. The molecule has 56 heavy (non-hydrogen) atoms.